The Balaban J connectivity index is 2.33. The van der Waals surface area contributed by atoms with Crippen molar-refractivity contribution < 1.29 is 9.72 Å². The number of rotatable bonds is 3. The van der Waals surface area contributed by atoms with Gasteiger partial charge in [-0.05, 0) is 40.2 Å². The predicted octanol–water partition coefficient (Wildman–Crippen LogP) is 4.37. The number of nitro benzene ring substituents is 1. The summed E-state index contributed by atoms with van der Waals surface area (Å²) in [6, 6.07) is 11.1. The first kappa shape index (κ1) is 14.7. The van der Waals surface area contributed by atoms with Crippen molar-refractivity contribution in [1.29, 1.82) is 0 Å². The van der Waals surface area contributed by atoms with Gasteiger partial charge in [0.15, 0.2) is 0 Å². The molecule has 0 saturated heterocycles. The monoisotopic (exact) mass is 398 g/mol. The maximum absolute atomic E-state index is 12.2. The molecule has 5 nitrogen and oxygen atoms in total. The van der Waals surface area contributed by atoms with E-state index in [4.69, 9.17) is 0 Å². The molecule has 0 bridgehead atoms. The number of para-hydroxylation sites is 2. The van der Waals surface area contributed by atoms with Crippen LogP contribution in [0, 0.1) is 10.1 Å². The number of nitro groups is 1. The zero-order valence-corrected chi connectivity index (χ0v) is 13.1. The molecule has 0 atom stereocenters. The molecule has 0 spiro atoms. The maximum Gasteiger partial charge on any atom is 0.292 e. The number of hydrogen-bond donors (Lipinski definition) is 1. The summed E-state index contributed by atoms with van der Waals surface area (Å²) in [5.74, 6) is -0.424. The zero-order valence-electron chi connectivity index (χ0n) is 9.97. The molecule has 0 heterocycles. The molecule has 2 rings (SSSR count). The summed E-state index contributed by atoms with van der Waals surface area (Å²) in [5.41, 5.74) is 0.402. The third kappa shape index (κ3) is 3.23. The molecule has 0 aliphatic carbocycles. The second kappa shape index (κ2) is 6.15. The fourth-order valence-corrected chi connectivity index (χ4v) is 2.39. The van der Waals surface area contributed by atoms with Crippen LogP contribution in [0.5, 0.6) is 0 Å². The second-order valence-electron chi connectivity index (χ2n) is 3.85. The van der Waals surface area contributed by atoms with Gasteiger partial charge < -0.3 is 5.32 Å². The number of hydrogen-bond acceptors (Lipinski definition) is 3. The van der Waals surface area contributed by atoms with E-state index in [0.717, 1.165) is 4.47 Å². The molecule has 0 radical (unpaired) electrons. The molecule has 1 amide bonds. The topological polar surface area (TPSA) is 72.2 Å². The third-order valence-corrected chi connectivity index (χ3v) is 3.71. The molecular formula is C13H8Br2N2O3. The molecule has 0 aliphatic rings. The van der Waals surface area contributed by atoms with E-state index in [1.165, 1.54) is 12.1 Å². The SMILES string of the molecule is O=C(Nc1ccccc1[N+](=O)[O-])c1cc(Br)ccc1Br. The summed E-state index contributed by atoms with van der Waals surface area (Å²) in [6.07, 6.45) is 0. The van der Waals surface area contributed by atoms with Gasteiger partial charge in [0.2, 0.25) is 0 Å². The molecule has 2 aromatic carbocycles. The van der Waals surface area contributed by atoms with Crippen LogP contribution in [0.2, 0.25) is 0 Å². The Hall–Kier alpha value is -1.73. The van der Waals surface area contributed by atoms with Crippen molar-refractivity contribution in [2.75, 3.05) is 5.32 Å². The van der Waals surface area contributed by atoms with Crippen LogP contribution >= 0.6 is 31.9 Å². The Morgan fingerprint density at radius 1 is 1.15 bits per heavy atom. The molecule has 0 fully saturated rings. The molecule has 0 saturated carbocycles. The lowest BCUT2D eigenvalue weighted by Crippen LogP contribution is -2.13. The van der Waals surface area contributed by atoms with E-state index in [0.29, 0.717) is 10.0 Å². The van der Waals surface area contributed by atoms with E-state index < -0.39 is 10.8 Å². The summed E-state index contributed by atoms with van der Waals surface area (Å²) < 4.78 is 1.35. The van der Waals surface area contributed by atoms with Crippen molar-refractivity contribution in [3.8, 4) is 0 Å². The van der Waals surface area contributed by atoms with Crippen molar-refractivity contribution in [2.45, 2.75) is 0 Å². The molecule has 7 heteroatoms. The minimum Gasteiger partial charge on any atom is -0.316 e. The minimum atomic E-state index is -0.536. The van der Waals surface area contributed by atoms with E-state index >= 15 is 0 Å². The first-order valence-electron chi connectivity index (χ1n) is 5.49. The number of benzene rings is 2. The molecule has 2 aromatic rings. The fraction of sp³-hybridized carbons (Fsp3) is 0. The maximum atomic E-state index is 12.2. The van der Waals surface area contributed by atoms with Gasteiger partial charge in [0.1, 0.15) is 5.69 Å². The summed E-state index contributed by atoms with van der Waals surface area (Å²) in [6.45, 7) is 0. The van der Waals surface area contributed by atoms with Crippen LogP contribution in [0.15, 0.2) is 51.4 Å². The lowest BCUT2D eigenvalue weighted by molar-refractivity contribution is -0.383. The minimum absolute atomic E-state index is 0.146. The highest BCUT2D eigenvalue weighted by Crippen LogP contribution is 2.26. The normalized spacial score (nSPS) is 10.1. The number of halogens is 2. The molecule has 102 valence electrons. The van der Waals surface area contributed by atoms with Gasteiger partial charge in [-0.1, -0.05) is 28.1 Å². The zero-order chi connectivity index (χ0) is 14.7. The average Bonchev–Trinajstić information content (AvgIpc) is 2.41. The van der Waals surface area contributed by atoms with Crippen molar-refractivity contribution >= 4 is 49.1 Å². The van der Waals surface area contributed by atoms with Crippen molar-refractivity contribution in [3.63, 3.8) is 0 Å². The molecule has 0 aromatic heterocycles. The van der Waals surface area contributed by atoms with Crippen LogP contribution in [0.4, 0.5) is 11.4 Å². The van der Waals surface area contributed by atoms with Gasteiger partial charge in [-0.3, -0.25) is 14.9 Å². The van der Waals surface area contributed by atoms with Gasteiger partial charge >= 0.3 is 0 Å². The average molecular weight is 400 g/mol. The van der Waals surface area contributed by atoms with E-state index in [1.807, 2.05) is 0 Å². The van der Waals surface area contributed by atoms with Gasteiger partial charge in [0, 0.05) is 15.0 Å². The summed E-state index contributed by atoms with van der Waals surface area (Å²) in [5, 5.41) is 13.4. The van der Waals surface area contributed by atoms with Crippen LogP contribution in [0.1, 0.15) is 10.4 Å². The summed E-state index contributed by atoms with van der Waals surface area (Å²) >= 11 is 6.55. The summed E-state index contributed by atoms with van der Waals surface area (Å²) in [4.78, 5) is 22.5. The molecule has 0 unspecified atom stereocenters. The Morgan fingerprint density at radius 3 is 2.55 bits per heavy atom. The van der Waals surface area contributed by atoms with E-state index in [1.54, 1.807) is 30.3 Å². The second-order valence-corrected chi connectivity index (χ2v) is 5.62. The number of nitrogens with one attached hydrogen (secondary N) is 1. The highest BCUT2D eigenvalue weighted by Gasteiger charge is 2.17. The smallest absolute Gasteiger partial charge is 0.292 e. The number of anilines is 1. The van der Waals surface area contributed by atoms with Gasteiger partial charge in [-0.15, -0.1) is 0 Å². The number of carbonyl (C=O) groups excluding carboxylic acids is 1. The Labute approximate surface area is 131 Å². The lowest BCUT2D eigenvalue weighted by Gasteiger charge is -2.07. The first-order valence-corrected chi connectivity index (χ1v) is 7.07. The van der Waals surface area contributed by atoms with Crippen LogP contribution in [-0.4, -0.2) is 10.8 Å². The van der Waals surface area contributed by atoms with Gasteiger partial charge in [-0.2, -0.15) is 0 Å². The van der Waals surface area contributed by atoms with E-state index in [-0.39, 0.29) is 11.4 Å². The van der Waals surface area contributed by atoms with Gasteiger partial charge in [0.25, 0.3) is 11.6 Å². The van der Waals surface area contributed by atoms with Crippen LogP contribution in [-0.2, 0) is 0 Å². The highest BCUT2D eigenvalue weighted by atomic mass is 79.9. The standard InChI is InChI=1S/C13H8Br2N2O3/c14-8-5-6-10(15)9(7-8)13(18)16-11-3-1-2-4-12(11)17(19)20/h1-7H,(H,16,18). The number of amides is 1. The van der Waals surface area contributed by atoms with Crippen molar-refractivity contribution in [3.05, 3.63) is 67.1 Å². The van der Waals surface area contributed by atoms with Crippen LogP contribution < -0.4 is 5.32 Å². The molecule has 0 aliphatic heterocycles. The predicted molar refractivity (Wildman–Crippen MR) is 82.9 cm³/mol. The molecular weight excluding hydrogens is 392 g/mol. The van der Waals surface area contributed by atoms with Crippen LogP contribution in [0.3, 0.4) is 0 Å². The van der Waals surface area contributed by atoms with Gasteiger partial charge in [0.05, 0.1) is 10.5 Å². The van der Waals surface area contributed by atoms with Crippen molar-refractivity contribution in [1.82, 2.24) is 0 Å². The van der Waals surface area contributed by atoms with Crippen molar-refractivity contribution in [2.24, 2.45) is 0 Å². The highest BCUT2D eigenvalue weighted by molar-refractivity contribution is 9.11. The van der Waals surface area contributed by atoms with E-state index in [2.05, 4.69) is 37.2 Å². The first-order chi connectivity index (χ1) is 9.49. The van der Waals surface area contributed by atoms with E-state index in [9.17, 15) is 14.9 Å². The fourth-order valence-electron chi connectivity index (χ4n) is 1.60. The van der Waals surface area contributed by atoms with Crippen LogP contribution in [0.25, 0.3) is 0 Å². The third-order valence-electron chi connectivity index (χ3n) is 2.52. The molecule has 1 N–H and O–H groups in total. The van der Waals surface area contributed by atoms with Gasteiger partial charge in [-0.25, -0.2) is 0 Å². The number of carbonyl (C=O) groups is 1. The largest absolute Gasteiger partial charge is 0.316 e. The quantitative estimate of drug-likeness (QED) is 0.615. The molecule has 20 heavy (non-hydrogen) atoms. The Bertz CT molecular complexity index is 689. The lowest BCUT2D eigenvalue weighted by atomic mass is 10.2. The summed E-state index contributed by atoms with van der Waals surface area (Å²) in [7, 11) is 0. The Morgan fingerprint density at radius 2 is 1.85 bits per heavy atom. The number of nitrogens with zero attached hydrogens (tertiary/aromatic N) is 1. The Kier molecular flexibility index (Phi) is 4.51.